The minimum Gasteiger partial charge on any atom is -0.332 e. The van der Waals surface area contributed by atoms with Crippen LogP contribution in [0.5, 0.6) is 0 Å². The van der Waals surface area contributed by atoms with Crippen molar-refractivity contribution in [3.05, 3.63) is 17.8 Å². The molecule has 13 heavy (non-hydrogen) atoms. The molecule has 0 aliphatic carbocycles. The van der Waals surface area contributed by atoms with Crippen molar-refractivity contribution in [3.8, 4) is 0 Å². The van der Waals surface area contributed by atoms with Gasteiger partial charge in [0.1, 0.15) is 4.21 Å². The Labute approximate surface area is 84.0 Å². The second-order valence-corrected chi connectivity index (χ2v) is 6.35. The van der Waals surface area contributed by atoms with Crippen molar-refractivity contribution in [2.24, 2.45) is 5.14 Å². The first-order valence-electron chi connectivity index (χ1n) is 3.33. The summed E-state index contributed by atoms with van der Waals surface area (Å²) in [6, 6.07) is 1.58. The predicted molar refractivity (Wildman–Crippen MR) is 53.7 cm³/mol. The first kappa shape index (κ1) is 9.07. The Morgan fingerprint density at radius 3 is 2.85 bits per heavy atom. The zero-order chi connectivity index (χ0) is 9.47. The van der Waals surface area contributed by atoms with Crippen molar-refractivity contribution in [2.45, 2.75) is 8.42 Å². The molecule has 4 nitrogen and oxygen atoms in total. The maximum absolute atomic E-state index is 11.0. The van der Waals surface area contributed by atoms with E-state index in [-0.39, 0.29) is 4.21 Å². The van der Waals surface area contributed by atoms with Gasteiger partial charge < -0.3 is 4.72 Å². The molecule has 70 valence electrons. The first-order chi connectivity index (χ1) is 6.07. The van der Waals surface area contributed by atoms with E-state index in [0.29, 0.717) is 0 Å². The molecule has 0 unspecified atom stereocenters. The molecule has 0 saturated heterocycles. The van der Waals surface area contributed by atoms with Crippen molar-refractivity contribution >= 4 is 39.4 Å². The monoisotopic (exact) mass is 234 g/mol. The SMILES string of the molecule is NS(=O)(=O)c1cc2c(s1)SNC=C2. The topological polar surface area (TPSA) is 72.2 Å². The quantitative estimate of drug-likeness (QED) is 0.710. The zero-order valence-electron chi connectivity index (χ0n) is 6.35. The van der Waals surface area contributed by atoms with E-state index in [1.807, 2.05) is 6.08 Å². The van der Waals surface area contributed by atoms with E-state index in [2.05, 4.69) is 4.72 Å². The van der Waals surface area contributed by atoms with Gasteiger partial charge >= 0.3 is 0 Å². The van der Waals surface area contributed by atoms with Gasteiger partial charge in [-0.25, -0.2) is 13.6 Å². The number of nitrogens with two attached hydrogens (primary N) is 1. The lowest BCUT2D eigenvalue weighted by molar-refractivity contribution is 0.600. The van der Waals surface area contributed by atoms with Crippen LogP contribution < -0.4 is 9.86 Å². The molecule has 0 aromatic carbocycles. The molecule has 0 fully saturated rings. The summed E-state index contributed by atoms with van der Waals surface area (Å²) >= 11 is 2.57. The van der Waals surface area contributed by atoms with Crippen LogP contribution in [-0.2, 0) is 10.0 Å². The number of hydrogen-bond acceptors (Lipinski definition) is 5. The molecule has 1 aromatic rings. The van der Waals surface area contributed by atoms with Gasteiger partial charge in [0.15, 0.2) is 0 Å². The van der Waals surface area contributed by atoms with Crippen LogP contribution in [0.4, 0.5) is 0 Å². The average molecular weight is 234 g/mol. The van der Waals surface area contributed by atoms with Gasteiger partial charge in [-0.15, -0.1) is 11.3 Å². The molecule has 0 bridgehead atoms. The van der Waals surface area contributed by atoms with Crippen molar-refractivity contribution < 1.29 is 8.42 Å². The normalized spacial score (nSPS) is 15.2. The van der Waals surface area contributed by atoms with E-state index in [0.717, 1.165) is 9.77 Å². The van der Waals surface area contributed by atoms with E-state index in [1.54, 1.807) is 12.3 Å². The average Bonchev–Trinajstić information content (AvgIpc) is 2.45. The van der Waals surface area contributed by atoms with Gasteiger partial charge in [-0.05, 0) is 24.1 Å². The van der Waals surface area contributed by atoms with Gasteiger partial charge in [0.25, 0.3) is 0 Å². The molecular formula is C6H6N2O2S3. The molecule has 1 aliphatic rings. The second kappa shape index (κ2) is 3.02. The summed E-state index contributed by atoms with van der Waals surface area (Å²) in [4.78, 5) is 0. The van der Waals surface area contributed by atoms with Crippen molar-refractivity contribution in [2.75, 3.05) is 0 Å². The summed E-state index contributed by atoms with van der Waals surface area (Å²) in [7, 11) is -3.55. The number of primary sulfonamides is 1. The fourth-order valence-corrected chi connectivity index (χ4v) is 3.76. The number of fused-ring (bicyclic) bond motifs is 1. The van der Waals surface area contributed by atoms with Crippen LogP contribution in [0, 0.1) is 0 Å². The van der Waals surface area contributed by atoms with Gasteiger partial charge in [0.05, 0.1) is 4.21 Å². The van der Waals surface area contributed by atoms with Crippen LogP contribution in [0.25, 0.3) is 6.08 Å². The van der Waals surface area contributed by atoms with E-state index in [1.165, 1.54) is 23.3 Å². The van der Waals surface area contributed by atoms with Gasteiger partial charge in [0.2, 0.25) is 10.0 Å². The van der Waals surface area contributed by atoms with Crippen molar-refractivity contribution in [3.63, 3.8) is 0 Å². The summed E-state index contributed by atoms with van der Waals surface area (Å²) in [5.74, 6) is 0. The lowest BCUT2D eigenvalue weighted by atomic mass is 10.3. The maximum Gasteiger partial charge on any atom is 0.247 e. The number of hydrogen-bond donors (Lipinski definition) is 2. The third kappa shape index (κ3) is 1.73. The van der Waals surface area contributed by atoms with Crippen molar-refractivity contribution in [1.29, 1.82) is 0 Å². The highest BCUT2D eigenvalue weighted by Crippen LogP contribution is 2.35. The summed E-state index contributed by atoms with van der Waals surface area (Å²) in [5, 5.41) is 5.00. The number of rotatable bonds is 1. The molecule has 1 aliphatic heterocycles. The van der Waals surface area contributed by atoms with Crippen LogP contribution in [0.15, 0.2) is 20.7 Å². The lowest BCUT2D eigenvalue weighted by Gasteiger charge is -2.03. The Bertz CT molecular complexity index is 460. The molecule has 0 radical (unpaired) electrons. The largest absolute Gasteiger partial charge is 0.332 e. The summed E-state index contributed by atoms with van der Waals surface area (Å²) < 4.78 is 26.0. The Morgan fingerprint density at radius 1 is 1.46 bits per heavy atom. The van der Waals surface area contributed by atoms with Gasteiger partial charge in [0, 0.05) is 11.8 Å². The Kier molecular flexibility index (Phi) is 2.11. The highest BCUT2D eigenvalue weighted by molar-refractivity contribution is 8.00. The summed E-state index contributed by atoms with van der Waals surface area (Å²) in [5.41, 5.74) is 0.901. The van der Waals surface area contributed by atoms with Crippen LogP contribution in [0.2, 0.25) is 0 Å². The molecular weight excluding hydrogens is 228 g/mol. The van der Waals surface area contributed by atoms with Crippen molar-refractivity contribution in [1.82, 2.24) is 4.72 Å². The van der Waals surface area contributed by atoms with Crippen LogP contribution in [0.1, 0.15) is 5.56 Å². The van der Waals surface area contributed by atoms with E-state index >= 15 is 0 Å². The third-order valence-electron chi connectivity index (χ3n) is 1.47. The maximum atomic E-state index is 11.0. The summed E-state index contributed by atoms with van der Waals surface area (Å²) in [6.07, 6.45) is 3.57. The van der Waals surface area contributed by atoms with E-state index < -0.39 is 10.0 Å². The van der Waals surface area contributed by atoms with Gasteiger partial charge in [-0.3, -0.25) is 0 Å². The molecule has 2 heterocycles. The molecule has 2 rings (SSSR count). The van der Waals surface area contributed by atoms with Crippen LogP contribution >= 0.6 is 23.3 Å². The molecule has 0 amide bonds. The number of sulfonamides is 1. The Hall–Kier alpha value is -0.500. The highest BCUT2D eigenvalue weighted by Gasteiger charge is 2.16. The molecule has 0 saturated carbocycles. The lowest BCUT2D eigenvalue weighted by Crippen LogP contribution is -2.09. The Morgan fingerprint density at radius 2 is 2.23 bits per heavy atom. The molecule has 0 atom stereocenters. The fraction of sp³-hybridized carbons (Fsp3) is 0. The van der Waals surface area contributed by atoms with Crippen LogP contribution in [-0.4, -0.2) is 8.42 Å². The molecule has 3 N–H and O–H groups in total. The van der Waals surface area contributed by atoms with E-state index in [4.69, 9.17) is 5.14 Å². The third-order valence-corrected chi connectivity index (χ3v) is 5.01. The minimum atomic E-state index is -3.55. The highest BCUT2D eigenvalue weighted by atomic mass is 32.3. The standard InChI is InChI=1S/C6H6N2O2S3/c7-13(9,10)5-3-4-1-2-8-12-6(4)11-5/h1-3,8H,(H2,7,9,10). The number of thiophene rings is 1. The first-order valence-corrected chi connectivity index (χ1v) is 6.51. The molecule has 7 heteroatoms. The second-order valence-electron chi connectivity index (χ2n) is 2.41. The zero-order valence-corrected chi connectivity index (χ0v) is 8.80. The van der Waals surface area contributed by atoms with Gasteiger partial charge in [-0.1, -0.05) is 0 Å². The molecule has 1 aromatic heterocycles. The van der Waals surface area contributed by atoms with Gasteiger partial charge in [-0.2, -0.15) is 0 Å². The smallest absolute Gasteiger partial charge is 0.247 e. The predicted octanol–water partition coefficient (Wildman–Crippen LogP) is 0.977. The molecule has 0 spiro atoms. The van der Waals surface area contributed by atoms with Crippen LogP contribution in [0.3, 0.4) is 0 Å². The Balaban J connectivity index is 2.55. The summed E-state index contributed by atoms with van der Waals surface area (Å²) in [6.45, 7) is 0. The number of nitrogens with one attached hydrogen (secondary N) is 1. The fourth-order valence-electron chi connectivity index (χ4n) is 0.913. The van der Waals surface area contributed by atoms with E-state index in [9.17, 15) is 8.42 Å². The minimum absolute atomic E-state index is 0.207.